The minimum absolute atomic E-state index is 0.579. The molecule has 1 aliphatic heterocycles. The number of hydrogen-bond acceptors (Lipinski definition) is 0. The van der Waals surface area contributed by atoms with Crippen molar-refractivity contribution in [3.63, 3.8) is 0 Å². The van der Waals surface area contributed by atoms with E-state index in [2.05, 4.69) is 68.1 Å². The maximum Gasteiger partial charge on any atom is 0.173 e. The van der Waals surface area contributed by atoms with E-state index < -0.39 is 0 Å². The molecule has 0 spiro atoms. The highest BCUT2D eigenvalue weighted by atomic mass is 15.0. The zero-order valence-corrected chi connectivity index (χ0v) is 10.4. The lowest BCUT2D eigenvalue weighted by atomic mass is 10.0. The van der Waals surface area contributed by atoms with Crippen LogP contribution in [0.3, 0.4) is 0 Å². The van der Waals surface area contributed by atoms with Crippen LogP contribution in [0.25, 0.3) is 0 Å². The Labute approximate surface area is 98.1 Å². The standard InChI is InChI=1S/C15H20N/c1-12(2)15-6-4-14(5-7-15)11-16-9-8-13(3)10-16/h4-10,12-13H,11H2,1-3H3/q+1. The van der Waals surface area contributed by atoms with Crippen molar-refractivity contribution in [1.82, 2.24) is 0 Å². The minimum Gasteiger partial charge on any atom is -0.204 e. The van der Waals surface area contributed by atoms with Crippen LogP contribution in [0.5, 0.6) is 0 Å². The summed E-state index contributed by atoms with van der Waals surface area (Å²) in [6.07, 6.45) is 6.65. The molecule has 1 heterocycles. The molecule has 0 bridgehead atoms. The van der Waals surface area contributed by atoms with Gasteiger partial charge in [-0.05, 0) is 24.5 Å². The molecule has 16 heavy (non-hydrogen) atoms. The van der Waals surface area contributed by atoms with Gasteiger partial charge in [-0.15, -0.1) is 0 Å². The summed E-state index contributed by atoms with van der Waals surface area (Å²) in [6, 6.07) is 8.95. The lowest BCUT2D eigenvalue weighted by Gasteiger charge is -2.05. The van der Waals surface area contributed by atoms with Crippen LogP contribution in [0.15, 0.2) is 36.5 Å². The molecule has 0 aliphatic carbocycles. The van der Waals surface area contributed by atoms with E-state index in [-0.39, 0.29) is 0 Å². The maximum atomic E-state index is 2.26. The predicted octanol–water partition coefficient (Wildman–Crippen LogP) is 3.56. The molecule has 0 N–H and O–H groups in total. The molecule has 0 amide bonds. The highest BCUT2D eigenvalue weighted by molar-refractivity contribution is 5.59. The van der Waals surface area contributed by atoms with Gasteiger partial charge in [-0.25, -0.2) is 4.58 Å². The van der Waals surface area contributed by atoms with Crippen LogP contribution in [0, 0.1) is 5.92 Å². The first-order valence-electron chi connectivity index (χ1n) is 6.03. The molecule has 84 valence electrons. The Morgan fingerprint density at radius 1 is 1.19 bits per heavy atom. The van der Waals surface area contributed by atoms with E-state index in [1.807, 2.05) is 0 Å². The number of hydrogen-bond donors (Lipinski definition) is 0. The molecular formula is C15H20N+. The maximum absolute atomic E-state index is 2.26. The van der Waals surface area contributed by atoms with Crippen LogP contribution < -0.4 is 0 Å². The Hall–Kier alpha value is -1.37. The van der Waals surface area contributed by atoms with Crippen LogP contribution >= 0.6 is 0 Å². The number of nitrogens with zero attached hydrogens (tertiary/aromatic N) is 1. The third-order valence-corrected chi connectivity index (χ3v) is 3.02. The van der Waals surface area contributed by atoms with Gasteiger partial charge < -0.3 is 0 Å². The first kappa shape index (κ1) is 11.1. The van der Waals surface area contributed by atoms with E-state index in [9.17, 15) is 0 Å². The molecule has 0 aromatic heterocycles. The second kappa shape index (κ2) is 4.65. The number of allylic oxidation sites excluding steroid dienone is 1. The van der Waals surface area contributed by atoms with Gasteiger partial charge in [0.2, 0.25) is 0 Å². The molecule has 1 aromatic carbocycles. The highest BCUT2D eigenvalue weighted by Gasteiger charge is 2.11. The fourth-order valence-corrected chi connectivity index (χ4v) is 1.97. The largest absolute Gasteiger partial charge is 0.204 e. The summed E-state index contributed by atoms with van der Waals surface area (Å²) in [5, 5.41) is 0. The zero-order valence-electron chi connectivity index (χ0n) is 10.4. The van der Waals surface area contributed by atoms with Crippen molar-refractivity contribution < 1.29 is 4.58 Å². The SMILES string of the molecule is CC1C=C[N+](Cc2ccc(C(C)C)cc2)=C1. The molecule has 1 aliphatic rings. The van der Waals surface area contributed by atoms with Crippen molar-refractivity contribution in [2.75, 3.05) is 0 Å². The average molecular weight is 214 g/mol. The first-order valence-corrected chi connectivity index (χ1v) is 6.03. The first-order chi connectivity index (χ1) is 7.65. The Morgan fingerprint density at radius 2 is 1.88 bits per heavy atom. The molecule has 1 nitrogen and oxygen atoms in total. The zero-order chi connectivity index (χ0) is 11.5. The number of rotatable bonds is 3. The van der Waals surface area contributed by atoms with Gasteiger partial charge in [-0.1, -0.05) is 38.1 Å². The second-order valence-electron chi connectivity index (χ2n) is 4.92. The highest BCUT2D eigenvalue weighted by Crippen LogP contribution is 2.15. The molecule has 2 rings (SSSR count). The van der Waals surface area contributed by atoms with Crippen molar-refractivity contribution in [2.24, 2.45) is 5.92 Å². The van der Waals surface area contributed by atoms with Gasteiger partial charge in [0.25, 0.3) is 0 Å². The fraction of sp³-hybridized carbons (Fsp3) is 0.400. The smallest absolute Gasteiger partial charge is 0.173 e. The van der Waals surface area contributed by atoms with E-state index in [1.54, 1.807) is 0 Å². The molecule has 1 aromatic rings. The lowest BCUT2D eigenvalue weighted by molar-refractivity contribution is -0.467. The van der Waals surface area contributed by atoms with E-state index in [0.717, 1.165) is 6.54 Å². The molecule has 0 radical (unpaired) electrons. The van der Waals surface area contributed by atoms with Crippen molar-refractivity contribution >= 4 is 6.21 Å². The topological polar surface area (TPSA) is 3.01 Å². The fourth-order valence-electron chi connectivity index (χ4n) is 1.97. The lowest BCUT2D eigenvalue weighted by Crippen LogP contribution is -2.04. The van der Waals surface area contributed by atoms with Gasteiger partial charge in [0.15, 0.2) is 19.0 Å². The Kier molecular flexibility index (Phi) is 3.23. The van der Waals surface area contributed by atoms with Gasteiger partial charge in [-0.2, -0.15) is 0 Å². The normalized spacial score (nSPS) is 19.2. The van der Waals surface area contributed by atoms with Crippen LogP contribution in [-0.2, 0) is 6.54 Å². The molecule has 1 unspecified atom stereocenters. The van der Waals surface area contributed by atoms with Crippen molar-refractivity contribution in [3.8, 4) is 0 Å². The average Bonchev–Trinajstić information content (AvgIpc) is 2.65. The van der Waals surface area contributed by atoms with E-state index in [4.69, 9.17) is 0 Å². The van der Waals surface area contributed by atoms with Crippen molar-refractivity contribution in [3.05, 3.63) is 47.7 Å². The predicted molar refractivity (Wildman–Crippen MR) is 68.9 cm³/mol. The summed E-state index contributed by atoms with van der Waals surface area (Å²) in [7, 11) is 0. The number of benzene rings is 1. The Balaban J connectivity index is 2.06. The van der Waals surface area contributed by atoms with Gasteiger partial charge in [0, 0.05) is 5.56 Å². The summed E-state index contributed by atoms with van der Waals surface area (Å²) < 4.78 is 2.26. The molecule has 1 atom stereocenters. The summed E-state index contributed by atoms with van der Waals surface area (Å²) >= 11 is 0. The Bertz CT molecular complexity index is 410. The summed E-state index contributed by atoms with van der Waals surface area (Å²) in [6.45, 7) is 7.65. The summed E-state index contributed by atoms with van der Waals surface area (Å²) in [5.74, 6) is 1.20. The van der Waals surface area contributed by atoms with E-state index in [0.29, 0.717) is 11.8 Å². The van der Waals surface area contributed by atoms with Gasteiger partial charge >= 0.3 is 0 Å². The van der Waals surface area contributed by atoms with Gasteiger partial charge in [0.1, 0.15) is 0 Å². The van der Waals surface area contributed by atoms with Crippen LogP contribution in [0.1, 0.15) is 37.8 Å². The van der Waals surface area contributed by atoms with Crippen LogP contribution in [0.4, 0.5) is 0 Å². The third kappa shape index (κ3) is 2.60. The van der Waals surface area contributed by atoms with Crippen LogP contribution in [0.2, 0.25) is 0 Å². The quantitative estimate of drug-likeness (QED) is 0.677. The minimum atomic E-state index is 0.579. The van der Waals surface area contributed by atoms with Gasteiger partial charge in [0.05, 0.1) is 5.92 Å². The molecule has 0 saturated carbocycles. The Morgan fingerprint density at radius 3 is 2.38 bits per heavy atom. The van der Waals surface area contributed by atoms with Gasteiger partial charge in [-0.3, -0.25) is 0 Å². The van der Waals surface area contributed by atoms with Crippen LogP contribution in [-0.4, -0.2) is 10.8 Å². The van der Waals surface area contributed by atoms with E-state index in [1.165, 1.54) is 11.1 Å². The molecule has 1 heteroatoms. The summed E-state index contributed by atoms with van der Waals surface area (Å²) in [4.78, 5) is 0. The molecule has 0 saturated heterocycles. The second-order valence-corrected chi connectivity index (χ2v) is 4.92. The molecular weight excluding hydrogens is 194 g/mol. The molecule has 0 fully saturated rings. The monoisotopic (exact) mass is 214 g/mol. The third-order valence-electron chi connectivity index (χ3n) is 3.02. The van der Waals surface area contributed by atoms with Crippen molar-refractivity contribution in [2.45, 2.75) is 33.2 Å². The van der Waals surface area contributed by atoms with Crippen molar-refractivity contribution in [1.29, 1.82) is 0 Å². The summed E-state index contributed by atoms with van der Waals surface area (Å²) in [5.41, 5.74) is 2.79. The van der Waals surface area contributed by atoms with E-state index >= 15 is 0 Å².